The summed E-state index contributed by atoms with van der Waals surface area (Å²) in [4.78, 5) is 0. The Kier molecular flexibility index (Phi) is 4.61. The lowest BCUT2D eigenvalue weighted by atomic mass is 10.2. The van der Waals surface area contributed by atoms with Crippen LogP contribution < -0.4 is 10.5 Å². The maximum Gasteiger partial charge on any atom is 0.131 e. The Balaban J connectivity index is 2.14. The van der Waals surface area contributed by atoms with Crippen LogP contribution in [0.3, 0.4) is 0 Å². The van der Waals surface area contributed by atoms with Crippen LogP contribution in [0.5, 0.6) is 5.75 Å². The molecule has 1 heterocycles. The van der Waals surface area contributed by atoms with Gasteiger partial charge in [0.15, 0.2) is 0 Å². The number of aryl methyl sites for hydroxylation is 2. The smallest absolute Gasteiger partial charge is 0.131 e. The van der Waals surface area contributed by atoms with Crippen LogP contribution in [0.1, 0.15) is 23.9 Å². The van der Waals surface area contributed by atoms with Crippen LogP contribution in [0, 0.1) is 6.92 Å². The average Bonchev–Trinajstić information content (AvgIpc) is 2.72. The van der Waals surface area contributed by atoms with Crippen molar-refractivity contribution < 1.29 is 4.74 Å². The molecular formula is C14H18BrN3O. The summed E-state index contributed by atoms with van der Waals surface area (Å²) < 4.78 is 8.79. The molecule has 0 fully saturated rings. The molecular weight excluding hydrogens is 306 g/mol. The zero-order valence-corrected chi connectivity index (χ0v) is 12.8. The first-order valence-corrected chi connectivity index (χ1v) is 7.08. The SMILES string of the molecule is CCn1nc(C)c(Br)c1COc1cccc(CN)c1. The lowest BCUT2D eigenvalue weighted by molar-refractivity contribution is 0.291. The molecule has 2 aromatic rings. The quantitative estimate of drug-likeness (QED) is 0.920. The van der Waals surface area contributed by atoms with Crippen LogP contribution >= 0.6 is 15.9 Å². The van der Waals surface area contributed by atoms with E-state index < -0.39 is 0 Å². The molecule has 0 aliphatic carbocycles. The van der Waals surface area contributed by atoms with E-state index in [0.29, 0.717) is 13.2 Å². The van der Waals surface area contributed by atoms with E-state index in [9.17, 15) is 0 Å². The number of rotatable bonds is 5. The van der Waals surface area contributed by atoms with Crippen molar-refractivity contribution in [3.63, 3.8) is 0 Å². The first-order valence-electron chi connectivity index (χ1n) is 6.29. The number of halogens is 1. The van der Waals surface area contributed by atoms with Gasteiger partial charge in [0, 0.05) is 13.1 Å². The standard InChI is InChI=1S/C14H18BrN3O/c1-3-18-13(14(15)10(2)17-18)9-19-12-6-4-5-11(7-12)8-16/h4-7H,3,8-9,16H2,1-2H3. The van der Waals surface area contributed by atoms with E-state index in [1.807, 2.05) is 35.9 Å². The number of hydrogen-bond donors (Lipinski definition) is 1. The van der Waals surface area contributed by atoms with Gasteiger partial charge in [-0.25, -0.2) is 0 Å². The van der Waals surface area contributed by atoms with Gasteiger partial charge < -0.3 is 10.5 Å². The number of nitrogens with zero attached hydrogens (tertiary/aromatic N) is 2. The van der Waals surface area contributed by atoms with Crippen molar-refractivity contribution in [2.24, 2.45) is 5.73 Å². The van der Waals surface area contributed by atoms with E-state index in [0.717, 1.165) is 33.7 Å². The second-order valence-corrected chi connectivity index (χ2v) is 5.10. The number of hydrogen-bond acceptors (Lipinski definition) is 3. The summed E-state index contributed by atoms with van der Waals surface area (Å²) in [6.07, 6.45) is 0. The summed E-state index contributed by atoms with van der Waals surface area (Å²) >= 11 is 3.56. The third-order valence-corrected chi connectivity index (χ3v) is 3.99. The fourth-order valence-corrected chi connectivity index (χ4v) is 2.32. The monoisotopic (exact) mass is 323 g/mol. The van der Waals surface area contributed by atoms with Gasteiger partial charge in [-0.05, 0) is 47.5 Å². The summed E-state index contributed by atoms with van der Waals surface area (Å²) in [6, 6.07) is 7.85. The number of nitrogens with two attached hydrogens (primary N) is 1. The van der Waals surface area contributed by atoms with E-state index >= 15 is 0 Å². The second kappa shape index (κ2) is 6.21. The molecule has 0 unspecified atom stereocenters. The highest BCUT2D eigenvalue weighted by Crippen LogP contribution is 2.23. The Morgan fingerprint density at radius 3 is 2.89 bits per heavy atom. The van der Waals surface area contributed by atoms with Crippen molar-refractivity contribution in [2.75, 3.05) is 0 Å². The number of ether oxygens (including phenoxy) is 1. The normalized spacial score (nSPS) is 10.7. The van der Waals surface area contributed by atoms with Gasteiger partial charge in [0.25, 0.3) is 0 Å². The zero-order valence-electron chi connectivity index (χ0n) is 11.2. The van der Waals surface area contributed by atoms with Crippen molar-refractivity contribution in [1.82, 2.24) is 9.78 Å². The maximum absolute atomic E-state index is 5.82. The molecule has 0 bridgehead atoms. The lowest BCUT2D eigenvalue weighted by Crippen LogP contribution is -2.07. The van der Waals surface area contributed by atoms with Crippen LogP contribution in [-0.4, -0.2) is 9.78 Å². The minimum atomic E-state index is 0.489. The van der Waals surface area contributed by atoms with Crippen molar-refractivity contribution in [3.05, 3.63) is 45.7 Å². The third kappa shape index (κ3) is 3.16. The van der Waals surface area contributed by atoms with E-state index in [4.69, 9.17) is 10.5 Å². The van der Waals surface area contributed by atoms with Crippen molar-refractivity contribution in [1.29, 1.82) is 0 Å². The Labute approximate surface area is 121 Å². The van der Waals surface area contributed by atoms with E-state index in [1.54, 1.807) is 0 Å². The average molecular weight is 324 g/mol. The van der Waals surface area contributed by atoms with Crippen LogP contribution in [0.2, 0.25) is 0 Å². The molecule has 0 radical (unpaired) electrons. The van der Waals surface area contributed by atoms with Gasteiger partial charge in [-0.1, -0.05) is 12.1 Å². The van der Waals surface area contributed by atoms with Crippen molar-refractivity contribution in [3.8, 4) is 5.75 Å². The first-order chi connectivity index (χ1) is 9.15. The van der Waals surface area contributed by atoms with Gasteiger partial charge in [-0.15, -0.1) is 0 Å². The summed E-state index contributed by atoms with van der Waals surface area (Å²) in [5.74, 6) is 0.830. The van der Waals surface area contributed by atoms with Gasteiger partial charge >= 0.3 is 0 Å². The zero-order chi connectivity index (χ0) is 13.8. The largest absolute Gasteiger partial charge is 0.487 e. The molecule has 19 heavy (non-hydrogen) atoms. The van der Waals surface area contributed by atoms with Crippen LogP contribution in [0.25, 0.3) is 0 Å². The predicted molar refractivity (Wildman–Crippen MR) is 79.0 cm³/mol. The second-order valence-electron chi connectivity index (χ2n) is 4.30. The van der Waals surface area contributed by atoms with Gasteiger partial charge in [0.2, 0.25) is 0 Å². The fraction of sp³-hybridized carbons (Fsp3) is 0.357. The highest BCUT2D eigenvalue weighted by molar-refractivity contribution is 9.10. The molecule has 0 aliphatic rings. The molecule has 0 aliphatic heterocycles. The Morgan fingerprint density at radius 2 is 2.21 bits per heavy atom. The van der Waals surface area contributed by atoms with Gasteiger partial charge in [-0.3, -0.25) is 4.68 Å². The van der Waals surface area contributed by atoms with E-state index in [-0.39, 0.29) is 0 Å². The highest BCUT2D eigenvalue weighted by Gasteiger charge is 2.12. The highest BCUT2D eigenvalue weighted by atomic mass is 79.9. The first kappa shape index (κ1) is 14.1. The van der Waals surface area contributed by atoms with E-state index in [2.05, 4.69) is 28.0 Å². The lowest BCUT2D eigenvalue weighted by Gasteiger charge is -2.09. The van der Waals surface area contributed by atoms with Gasteiger partial charge in [0.05, 0.1) is 15.9 Å². The molecule has 1 aromatic heterocycles. The third-order valence-electron chi connectivity index (χ3n) is 2.96. The summed E-state index contributed by atoms with van der Waals surface area (Å²) in [7, 11) is 0. The molecule has 4 nitrogen and oxygen atoms in total. The van der Waals surface area contributed by atoms with Gasteiger partial charge in [0.1, 0.15) is 12.4 Å². The molecule has 0 atom stereocenters. The topological polar surface area (TPSA) is 53.1 Å². The van der Waals surface area contributed by atoms with Crippen LogP contribution in [0.4, 0.5) is 0 Å². The van der Waals surface area contributed by atoms with Crippen LogP contribution in [-0.2, 0) is 19.7 Å². The van der Waals surface area contributed by atoms with Crippen molar-refractivity contribution in [2.45, 2.75) is 33.5 Å². The molecule has 5 heteroatoms. The fourth-order valence-electron chi connectivity index (χ4n) is 1.92. The maximum atomic E-state index is 5.82. The Morgan fingerprint density at radius 1 is 1.42 bits per heavy atom. The molecule has 2 rings (SSSR count). The summed E-state index contributed by atoms with van der Waals surface area (Å²) in [5.41, 5.74) is 8.72. The summed E-state index contributed by atoms with van der Waals surface area (Å²) in [5, 5.41) is 4.44. The molecule has 0 saturated carbocycles. The summed E-state index contributed by atoms with van der Waals surface area (Å²) in [6.45, 7) is 5.89. The molecule has 102 valence electrons. The molecule has 0 saturated heterocycles. The van der Waals surface area contributed by atoms with Crippen LogP contribution in [0.15, 0.2) is 28.7 Å². The molecule has 0 amide bonds. The molecule has 0 spiro atoms. The predicted octanol–water partition coefficient (Wildman–Crippen LogP) is 3.01. The minimum Gasteiger partial charge on any atom is -0.487 e. The van der Waals surface area contributed by atoms with E-state index in [1.165, 1.54) is 0 Å². The molecule has 1 aromatic carbocycles. The van der Waals surface area contributed by atoms with Crippen molar-refractivity contribution >= 4 is 15.9 Å². The number of aromatic nitrogens is 2. The number of benzene rings is 1. The Bertz CT molecular complexity index is 566. The van der Waals surface area contributed by atoms with Gasteiger partial charge in [-0.2, -0.15) is 5.10 Å². The Hall–Kier alpha value is -1.33. The minimum absolute atomic E-state index is 0.489. The molecule has 2 N–H and O–H groups in total.